The van der Waals surface area contributed by atoms with Crippen molar-refractivity contribution in [3.05, 3.63) is 48.5 Å². The third kappa shape index (κ3) is 10.9. The molecule has 0 saturated heterocycles. The van der Waals surface area contributed by atoms with E-state index in [1.165, 1.54) is 21.7 Å². The van der Waals surface area contributed by atoms with Crippen LogP contribution in [0.15, 0.2) is 48.5 Å². The molecule has 2 aromatic heterocycles. The minimum absolute atomic E-state index is 0. The molecule has 0 aliphatic carbocycles. The van der Waals surface area contributed by atoms with Crippen molar-refractivity contribution in [2.45, 2.75) is 104 Å². The Morgan fingerprint density at radius 2 is 0.522 bits per heavy atom. The van der Waals surface area contributed by atoms with Gasteiger partial charge in [0.2, 0.25) is 0 Å². The summed E-state index contributed by atoms with van der Waals surface area (Å²) in [5.41, 5.74) is 9.12. The molecule has 4 rings (SSSR count). The Balaban J connectivity index is 0.000000441. The van der Waals surface area contributed by atoms with Crippen LogP contribution in [-0.4, -0.2) is 67.2 Å². The van der Waals surface area contributed by atoms with Crippen LogP contribution >= 0.6 is 31.7 Å². The normalized spacial score (nSPS) is 15.1. The van der Waals surface area contributed by atoms with Crippen molar-refractivity contribution >= 4 is 75.5 Å². The van der Waals surface area contributed by atoms with Crippen molar-refractivity contribution in [2.24, 2.45) is 0 Å². The van der Waals surface area contributed by atoms with E-state index in [4.69, 9.17) is 19.9 Å². The second kappa shape index (κ2) is 16.7. The van der Waals surface area contributed by atoms with E-state index in [2.05, 4.69) is 134 Å². The van der Waals surface area contributed by atoms with Gasteiger partial charge in [-0.25, -0.2) is 19.9 Å². The van der Waals surface area contributed by atoms with Gasteiger partial charge in [0.25, 0.3) is 0 Å². The van der Waals surface area contributed by atoms with E-state index in [0.717, 1.165) is 22.1 Å². The minimum Gasteiger partial charge on any atom is -1.00 e. The van der Waals surface area contributed by atoms with Crippen LogP contribution in [0, 0.1) is 0 Å². The third-order valence-electron chi connectivity index (χ3n) is 8.36. The van der Waals surface area contributed by atoms with Crippen molar-refractivity contribution in [2.75, 3.05) is 26.7 Å². The van der Waals surface area contributed by atoms with Crippen LogP contribution in [0.1, 0.15) is 83.1 Å². The molecule has 258 valence electrons. The van der Waals surface area contributed by atoms with Crippen LogP contribution in [0.25, 0.3) is 22.1 Å². The average molecular weight is 899 g/mol. The van der Waals surface area contributed by atoms with E-state index in [0.29, 0.717) is 0 Å². The molecular formula is C36H56ClN4P4Pt-. The van der Waals surface area contributed by atoms with Gasteiger partial charge in [-0.05, 0) is 71.5 Å². The minimum atomic E-state index is -0.348. The van der Waals surface area contributed by atoms with Gasteiger partial charge in [0.15, 0.2) is 0 Å². The summed E-state index contributed by atoms with van der Waals surface area (Å²) in [4.78, 5) is 20.2. The average Bonchev–Trinajstić information content (AvgIpc) is 2.92. The maximum Gasteiger partial charge on any atom is 0.0899 e. The summed E-state index contributed by atoms with van der Waals surface area (Å²) in [5, 5.41) is 0.981. The van der Waals surface area contributed by atoms with Crippen molar-refractivity contribution in [3.63, 3.8) is 0 Å². The molecule has 4 atom stereocenters. The number of halogens is 1. The Labute approximate surface area is 306 Å². The Kier molecular flexibility index (Phi) is 15.9. The van der Waals surface area contributed by atoms with Crippen LogP contribution in [-0.2, 0) is 21.1 Å². The zero-order valence-electron chi connectivity index (χ0n) is 30.9. The fourth-order valence-corrected chi connectivity index (χ4v) is 10.9. The molecule has 0 aliphatic rings. The summed E-state index contributed by atoms with van der Waals surface area (Å²) in [6.07, 6.45) is 0. The first-order chi connectivity index (χ1) is 20.0. The smallest absolute Gasteiger partial charge is 0.0899 e. The first-order valence-electron chi connectivity index (χ1n) is 15.5. The molecular weight excluding hydrogens is 843 g/mol. The quantitative estimate of drug-likeness (QED) is 0.223. The number of hydrogen-bond acceptors (Lipinski definition) is 4. The largest absolute Gasteiger partial charge is 1.00 e. The Morgan fingerprint density at radius 3 is 0.652 bits per heavy atom. The zero-order chi connectivity index (χ0) is 33.4. The van der Waals surface area contributed by atoms with Crippen LogP contribution < -0.4 is 34.1 Å². The number of fused-ring (bicyclic) bond motifs is 2. The number of benzene rings is 2. The number of aromatic nitrogens is 4. The van der Waals surface area contributed by atoms with E-state index in [1.807, 2.05) is 24.3 Å². The molecule has 4 aromatic rings. The molecule has 4 unspecified atom stereocenters. The zero-order valence-corrected chi connectivity index (χ0v) is 37.5. The van der Waals surface area contributed by atoms with Gasteiger partial charge >= 0.3 is 0 Å². The molecule has 0 amide bonds. The fourth-order valence-electron chi connectivity index (χ4n) is 4.13. The summed E-state index contributed by atoms with van der Waals surface area (Å²) in [6, 6.07) is 16.5. The predicted octanol–water partition coefficient (Wildman–Crippen LogP) is 6.40. The number of nitrogens with zero attached hydrogens (tertiary/aromatic N) is 4. The molecule has 46 heavy (non-hydrogen) atoms. The maximum atomic E-state index is 5.06. The summed E-state index contributed by atoms with van der Waals surface area (Å²) < 4.78 is 0. The van der Waals surface area contributed by atoms with Gasteiger partial charge in [0.1, 0.15) is 0 Å². The Morgan fingerprint density at radius 1 is 0.370 bits per heavy atom. The first kappa shape index (κ1) is 43.8. The number of hydrogen-bond donors (Lipinski definition) is 0. The van der Waals surface area contributed by atoms with Gasteiger partial charge in [-0.15, -0.1) is 0 Å². The molecule has 2 aromatic carbocycles. The van der Waals surface area contributed by atoms with E-state index < -0.39 is 0 Å². The maximum absolute atomic E-state index is 5.06. The monoisotopic (exact) mass is 898 g/mol. The molecule has 0 fully saturated rings. The van der Waals surface area contributed by atoms with Crippen LogP contribution in [0.2, 0.25) is 0 Å². The summed E-state index contributed by atoms with van der Waals surface area (Å²) in [7, 11) is -1.39. The van der Waals surface area contributed by atoms with Crippen molar-refractivity contribution < 1.29 is 33.5 Å². The molecule has 0 radical (unpaired) electrons. The third-order valence-corrected chi connectivity index (χ3v) is 20.6. The fraction of sp³-hybridized carbons (Fsp3) is 0.556. The summed E-state index contributed by atoms with van der Waals surface area (Å²) >= 11 is 0. The van der Waals surface area contributed by atoms with E-state index in [1.54, 1.807) is 0 Å². The molecule has 4 nitrogen and oxygen atoms in total. The molecule has 0 N–H and O–H groups in total. The molecule has 0 bridgehead atoms. The van der Waals surface area contributed by atoms with Crippen molar-refractivity contribution in [1.29, 1.82) is 0 Å². The van der Waals surface area contributed by atoms with Gasteiger partial charge in [-0.1, -0.05) is 139 Å². The van der Waals surface area contributed by atoms with E-state index in [9.17, 15) is 0 Å². The number of para-hydroxylation sites is 4. The van der Waals surface area contributed by atoms with Gasteiger partial charge in [0.05, 0.1) is 43.8 Å². The molecule has 0 aliphatic heterocycles. The van der Waals surface area contributed by atoms with Gasteiger partial charge in [-0.3, -0.25) is 0 Å². The van der Waals surface area contributed by atoms with Crippen LogP contribution in [0.5, 0.6) is 0 Å². The predicted molar refractivity (Wildman–Crippen MR) is 208 cm³/mol. The van der Waals surface area contributed by atoms with Gasteiger partial charge in [0, 0.05) is 21.1 Å². The Bertz CT molecular complexity index is 1350. The van der Waals surface area contributed by atoms with E-state index >= 15 is 0 Å². The number of rotatable bonds is 4. The SMILES string of the molecule is CP(c1nc2ccccc2nc1P(C)C(C)(C)C)C(C)(C)C.CP(c1nc2ccccc2nc1P(C)C(C)(C)C)C(C)(C)C.[Cl-].[Pt]. The second-order valence-corrected chi connectivity index (χ2v) is 27.2. The van der Waals surface area contributed by atoms with Crippen LogP contribution in [0.4, 0.5) is 0 Å². The van der Waals surface area contributed by atoms with Gasteiger partial charge < -0.3 is 12.4 Å². The molecule has 2 heterocycles. The van der Waals surface area contributed by atoms with Crippen LogP contribution in [0.3, 0.4) is 0 Å². The van der Waals surface area contributed by atoms with Gasteiger partial charge in [-0.2, -0.15) is 0 Å². The van der Waals surface area contributed by atoms with E-state index in [-0.39, 0.29) is 85.8 Å². The molecule has 0 saturated carbocycles. The van der Waals surface area contributed by atoms with Crippen molar-refractivity contribution in [3.8, 4) is 0 Å². The van der Waals surface area contributed by atoms with Crippen molar-refractivity contribution in [1.82, 2.24) is 19.9 Å². The summed E-state index contributed by atoms with van der Waals surface area (Å²) in [5.74, 6) is 0. The first-order valence-corrected chi connectivity index (χ1v) is 22.7. The summed E-state index contributed by atoms with van der Waals surface area (Å²) in [6.45, 7) is 37.2. The topological polar surface area (TPSA) is 51.6 Å². The molecule has 10 heteroatoms. The molecule has 0 spiro atoms. The second-order valence-electron chi connectivity index (χ2n) is 15.6. The standard InChI is InChI=1S/2C18H28N2P2.ClH.Pt/c2*1-17(2,3)21(7)15-16(22(8)18(4,5)6)20-14-12-10-9-11-13(14)19-15;;/h2*9-12H,1-8H3;1H;/p-1. The Hall–Kier alpha value is -0.182.